The number of ether oxygens (including phenoxy) is 3. The van der Waals surface area contributed by atoms with Crippen molar-refractivity contribution in [2.45, 2.75) is 39.7 Å². The lowest BCUT2D eigenvalue weighted by atomic mass is 10.1. The van der Waals surface area contributed by atoms with Crippen molar-refractivity contribution in [2.75, 3.05) is 46.7 Å². The summed E-state index contributed by atoms with van der Waals surface area (Å²) in [7, 11) is -1.35. The fourth-order valence-corrected chi connectivity index (χ4v) is 6.24. The van der Waals surface area contributed by atoms with Gasteiger partial charge in [-0.25, -0.2) is 9.59 Å². The maximum atomic E-state index is 12.0. The summed E-state index contributed by atoms with van der Waals surface area (Å²) < 4.78 is 33.1. The van der Waals surface area contributed by atoms with Gasteiger partial charge in [-0.3, -0.25) is 0 Å². The van der Waals surface area contributed by atoms with Gasteiger partial charge < -0.3 is 32.8 Å². The SMILES string of the molecule is CCO[Si](CCCNC(=O)OCCCOc1ccc2cc(/C=C/C(=O)OC)ccc2c1)(OCC)OCC. The summed E-state index contributed by atoms with van der Waals surface area (Å²) in [5.41, 5.74) is 0.904. The van der Waals surface area contributed by atoms with Gasteiger partial charge in [0.2, 0.25) is 0 Å². The fraction of sp³-hybridized carbons (Fsp3) is 0.481. The molecular formula is C27H39NO8Si. The van der Waals surface area contributed by atoms with Crippen LogP contribution in [0.4, 0.5) is 4.79 Å². The lowest BCUT2D eigenvalue weighted by Crippen LogP contribution is -2.46. The first-order valence-corrected chi connectivity index (χ1v) is 14.6. The Bertz CT molecular complexity index is 996. The summed E-state index contributed by atoms with van der Waals surface area (Å²) in [5.74, 6) is 0.343. The number of nitrogens with one attached hydrogen (secondary N) is 1. The van der Waals surface area contributed by atoms with Gasteiger partial charge in [0.25, 0.3) is 0 Å². The summed E-state index contributed by atoms with van der Waals surface area (Å²) >= 11 is 0. The number of rotatable bonds is 17. The van der Waals surface area contributed by atoms with Gasteiger partial charge in [-0.15, -0.1) is 0 Å². The number of carbonyl (C=O) groups excluding carboxylic acids is 2. The highest BCUT2D eigenvalue weighted by Crippen LogP contribution is 2.23. The molecule has 0 unspecified atom stereocenters. The molecule has 0 saturated carbocycles. The molecule has 37 heavy (non-hydrogen) atoms. The first-order valence-electron chi connectivity index (χ1n) is 12.7. The summed E-state index contributed by atoms with van der Waals surface area (Å²) in [5, 5.41) is 4.81. The van der Waals surface area contributed by atoms with Crippen LogP contribution < -0.4 is 10.1 Å². The summed E-state index contributed by atoms with van der Waals surface area (Å²) in [6.07, 6.45) is 3.89. The second-order valence-electron chi connectivity index (χ2n) is 7.98. The van der Waals surface area contributed by atoms with E-state index in [1.807, 2.05) is 57.2 Å². The topological polar surface area (TPSA) is 102 Å². The van der Waals surface area contributed by atoms with Gasteiger partial charge in [-0.05, 0) is 67.8 Å². The predicted molar refractivity (Wildman–Crippen MR) is 145 cm³/mol. The Morgan fingerprint density at radius 3 is 2.24 bits per heavy atom. The maximum absolute atomic E-state index is 12.0. The van der Waals surface area contributed by atoms with Crippen LogP contribution >= 0.6 is 0 Å². The Morgan fingerprint density at radius 2 is 1.57 bits per heavy atom. The molecule has 0 aliphatic heterocycles. The van der Waals surface area contributed by atoms with E-state index in [0.717, 1.165) is 22.1 Å². The van der Waals surface area contributed by atoms with Crippen molar-refractivity contribution < 1.29 is 37.1 Å². The van der Waals surface area contributed by atoms with Crippen molar-refractivity contribution in [1.82, 2.24) is 5.32 Å². The molecule has 2 aromatic rings. The van der Waals surface area contributed by atoms with Crippen LogP contribution in [0.2, 0.25) is 6.04 Å². The molecular weight excluding hydrogens is 494 g/mol. The van der Waals surface area contributed by atoms with Gasteiger partial charge in [0.15, 0.2) is 0 Å². The van der Waals surface area contributed by atoms with Gasteiger partial charge in [0, 0.05) is 44.9 Å². The number of benzene rings is 2. The number of fused-ring (bicyclic) bond motifs is 1. The van der Waals surface area contributed by atoms with Crippen LogP contribution in [0.1, 0.15) is 39.2 Å². The van der Waals surface area contributed by atoms with Crippen LogP contribution in [0.3, 0.4) is 0 Å². The number of amides is 1. The quantitative estimate of drug-likeness (QED) is 0.132. The monoisotopic (exact) mass is 533 g/mol. The highest BCUT2D eigenvalue weighted by Gasteiger charge is 2.39. The highest BCUT2D eigenvalue weighted by molar-refractivity contribution is 6.60. The van der Waals surface area contributed by atoms with Crippen molar-refractivity contribution in [3.05, 3.63) is 48.0 Å². The molecule has 0 bridgehead atoms. The normalized spacial score (nSPS) is 11.6. The maximum Gasteiger partial charge on any atom is 0.500 e. The Kier molecular flexibility index (Phi) is 13.7. The summed E-state index contributed by atoms with van der Waals surface area (Å²) in [4.78, 5) is 23.2. The molecule has 0 aliphatic rings. The van der Waals surface area contributed by atoms with Crippen molar-refractivity contribution in [3.8, 4) is 5.75 Å². The highest BCUT2D eigenvalue weighted by atomic mass is 28.4. The van der Waals surface area contributed by atoms with Crippen molar-refractivity contribution in [1.29, 1.82) is 0 Å². The summed E-state index contributed by atoms with van der Waals surface area (Å²) in [6.45, 7) is 8.47. The molecule has 9 nitrogen and oxygen atoms in total. The Hall–Kier alpha value is -2.92. The zero-order valence-electron chi connectivity index (χ0n) is 22.2. The smallest absolute Gasteiger partial charge is 0.493 e. The van der Waals surface area contributed by atoms with E-state index in [-0.39, 0.29) is 6.61 Å². The Morgan fingerprint density at radius 1 is 0.892 bits per heavy atom. The molecule has 0 aliphatic carbocycles. The van der Waals surface area contributed by atoms with Gasteiger partial charge in [-0.1, -0.05) is 18.2 Å². The minimum Gasteiger partial charge on any atom is -0.493 e. The van der Waals surface area contributed by atoms with Gasteiger partial charge in [0.05, 0.1) is 20.3 Å². The van der Waals surface area contributed by atoms with E-state index in [4.69, 9.17) is 22.8 Å². The second kappa shape index (κ2) is 16.7. The fourth-order valence-electron chi connectivity index (χ4n) is 3.63. The van der Waals surface area contributed by atoms with Crippen LogP contribution in [-0.4, -0.2) is 67.6 Å². The minimum absolute atomic E-state index is 0.255. The van der Waals surface area contributed by atoms with Crippen LogP contribution in [0.15, 0.2) is 42.5 Å². The van der Waals surface area contributed by atoms with E-state index in [2.05, 4.69) is 10.1 Å². The zero-order chi connectivity index (χ0) is 26.9. The van der Waals surface area contributed by atoms with E-state index in [1.54, 1.807) is 6.08 Å². The Balaban J connectivity index is 1.67. The molecule has 0 radical (unpaired) electrons. The standard InChI is InChI=1S/C27H39NO8Si/c1-5-34-37(35-6-2,36-7-3)19-8-16-28-27(30)33-18-9-17-32-25-14-13-23-20-22(10-12-24(23)21-25)11-15-26(29)31-4/h10-15,20-21H,5-9,16-19H2,1-4H3,(H,28,30)/b15-11+. The number of methoxy groups -OCH3 is 1. The van der Waals surface area contributed by atoms with E-state index in [9.17, 15) is 9.59 Å². The third-order valence-corrected chi connectivity index (χ3v) is 8.41. The number of esters is 1. The third kappa shape index (κ3) is 10.9. The van der Waals surface area contributed by atoms with Crippen LogP contribution in [0, 0.1) is 0 Å². The molecule has 0 saturated heterocycles. The number of hydrogen-bond acceptors (Lipinski definition) is 8. The van der Waals surface area contributed by atoms with Crippen molar-refractivity contribution in [2.24, 2.45) is 0 Å². The molecule has 0 spiro atoms. The number of alkyl carbamates (subject to hydrolysis) is 1. The lowest BCUT2D eigenvalue weighted by molar-refractivity contribution is -0.134. The third-order valence-electron chi connectivity index (χ3n) is 5.26. The molecule has 1 N–H and O–H groups in total. The first-order chi connectivity index (χ1) is 17.9. The Labute approximate surface area is 220 Å². The average molecular weight is 534 g/mol. The molecule has 0 fully saturated rings. The van der Waals surface area contributed by atoms with Crippen molar-refractivity contribution in [3.63, 3.8) is 0 Å². The molecule has 204 valence electrons. The molecule has 1 amide bonds. The van der Waals surface area contributed by atoms with Crippen LogP contribution in [0.25, 0.3) is 16.8 Å². The number of hydrogen-bond donors (Lipinski definition) is 1. The van der Waals surface area contributed by atoms with Gasteiger partial charge in [0.1, 0.15) is 5.75 Å². The van der Waals surface area contributed by atoms with Gasteiger partial charge in [-0.2, -0.15) is 0 Å². The van der Waals surface area contributed by atoms with Crippen LogP contribution in [0.5, 0.6) is 5.75 Å². The molecule has 0 heterocycles. The average Bonchev–Trinajstić information content (AvgIpc) is 2.90. The zero-order valence-corrected chi connectivity index (χ0v) is 23.2. The largest absolute Gasteiger partial charge is 0.500 e. The minimum atomic E-state index is -2.69. The predicted octanol–water partition coefficient (Wildman–Crippen LogP) is 4.96. The van der Waals surface area contributed by atoms with E-state index in [0.29, 0.717) is 51.9 Å². The van der Waals surface area contributed by atoms with Crippen LogP contribution in [-0.2, 0) is 27.5 Å². The van der Waals surface area contributed by atoms with E-state index < -0.39 is 20.9 Å². The molecule has 0 atom stereocenters. The molecule has 0 aromatic heterocycles. The van der Waals surface area contributed by atoms with Crippen molar-refractivity contribution >= 4 is 37.7 Å². The number of carbonyl (C=O) groups is 2. The first kappa shape index (κ1) is 30.3. The van der Waals surface area contributed by atoms with E-state index in [1.165, 1.54) is 13.2 Å². The van der Waals surface area contributed by atoms with E-state index >= 15 is 0 Å². The molecule has 2 rings (SSSR count). The van der Waals surface area contributed by atoms with Gasteiger partial charge >= 0.3 is 20.9 Å². The summed E-state index contributed by atoms with van der Waals surface area (Å²) in [6, 6.07) is 12.3. The molecule has 10 heteroatoms. The molecule has 2 aromatic carbocycles. The second-order valence-corrected chi connectivity index (χ2v) is 10.7. The lowest BCUT2D eigenvalue weighted by Gasteiger charge is -2.28.